The molecule has 1 heterocycles. The second kappa shape index (κ2) is 4.56. The van der Waals surface area contributed by atoms with Gasteiger partial charge in [-0.1, -0.05) is 13.5 Å². The lowest BCUT2D eigenvalue weighted by atomic mass is 9.88. The summed E-state index contributed by atoms with van der Waals surface area (Å²) in [5.41, 5.74) is 1.18. The van der Waals surface area contributed by atoms with E-state index in [1.165, 1.54) is 5.57 Å². The highest BCUT2D eigenvalue weighted by Crippen LogP contribution is 2.30. The van der Waals surface area contributed by atoms with Crippen molar-refractivity contribution >= 4 is 6.29 Å². The van der Waals surface area contributed by atoms with Crippen LogP contribution in [-0.2, 0) is 9.53 Å². The first-order valence-electron chi connectivity index (χ1n) is 4.93. The number of rotatable bonds is 3. The fourth-order valence-corrected chi connectivity index (χ4v) is 1.82. The van der Waals surface area contributed by atoms with E-state index in [1.807, 2.05) is 6.92 Å². The second-order valence-corrected chi connectivity index (χ2v) is 3.86. The predicted molar refractivity (Wildman–Crippen MR) is 52.6 cm³/mol. The SMILES string of the molecule is C=C1C(C)CC(CCC=O)O[C@@H]1C. The maximum Gasteiger partial charge on any atom is 0.120 e. The number of ether oxygens (including phenoxy) is 1. The minimum Gasteiger partial charge on any atom is -0.371 e. The van der Waals surface area contributed by atoms with Crippen LogP contribution in [0, 0.1) is 5.92 Å². The van der Waals surface area contributed by atoms with Gasteiger partial charge in [-0.25, -0.2) is 0 Å². The van der Waals surface area contributed by atoms with E-state index < -0.39 is 0 Å². The van der Waals surface area contributed by atoms with Crippen molar-refractivity contribution in [2.75, 3.05) is 0 Å². The Labute approximate surface area is 80.0 Å². The molecule has 2 unspecified atom stereocenters. The van der Waals surface area contributed by atoms with Gasteiger partial charge in [-0.15, -0.1) is 0 Å². The van der Waals surface area contributed by atoms with Crippen molar-refractivity contribution < 1.29 is 9.53 Å². The monoisotopic (exact) mass is 182 g/mol. The van der Waals surface area contributed by atoms with E-state index in [0.29, 0.717) is 12.3 Å². The molecule has 0 radical (unpaired) electrons. The summed E-state index contributed by atoms with van der Waals surface area (Å²) in [5.74, 6) is 0.528. The predicted octanol–water partition coefficient (Wildman–Crippen LogP) is 2.34. The molecule has 13 heavy (non-hydrogen) atoms. The number of hydrogen-bond acceptors (Lipinski definition) is 2. The minimum absolute atomic E-state index is 0.153. The Morgan fingerprint density at radius 3 is 2.85 bits per heavy atom. The van der Waals surface area contributed by atoms with Crippen LogP contribution in [0.3, 0.4) is 0 Å². The molecule has 1 rings (SSSR count). The zero-order chi connectivity index (χ0) is 9.84. The van der Waals surface area contributed by atoms with Crippen LogP contribution in [0.2, 0.25) is 0 Å². The molecule has 1 aliphatic heterocycles. The van der Waals surface area contributed by atoms with Gasteiger partial charge >= 0.3 is 0 Å². The molecule has 0 aliphatic carbocycles. The summed E-state index contributed by atoms with van der Waals surface area (Å²) in [6.45, 7) is 8.21. The van der Waals surface area contributed by atoms with Gasteiger partial charge in [0.2, 0.25) is 0 Å². The first kappa shape index (κ1) is 10.5. The van der Waals surface area contributed by atoms with Crippen LogP contribution in [0.4, 0.5) is 0 Å². The zero-order valence-corrected chi connectivity index (χ0v) is 8.45. The summed E-state index contributed by atoms with van der Waals surface area (Å²) in [6.07, 6.45) is 3.84. The standard InChI is InChI=1S/C11H18O2/c1-8-7-11(5-4-6-12)13-10(3)9(8)2/h6,8,10-11H,2,4-5,7H2,1,3H3/t8?,10-,11?/m1/s1. The summed E-state index contributed by atoms with van der Waals surface area (Å²) < 4.78 is 5.71. The van der Waals surface area contributed by atoms with Gasteiger partial charge in [-0.3, -0.25) is 0 Å². The van der Waals surface area contributed by atoms with E-state index in [2.05, 4.69) is 13.5 Å². The molecular weight excluding hydrogens is 164 g/mol. The molecule has 0 aromatic carbocycles. The van der Waals surface area contributed by atoms with Crippen LogP contribution in [0.5, 0.6) is 0 Å². The lowest BCUT2D eigenvalue weighted by Gasteiger charge is -2.34. The van der Waals surface area contributed by atoms with Crippen molar-refractivity contribution in [3.63, 3.8) is 0 Å². The highest BCUT2D eigenvalue weighted by Gasteiger charge is 2.26. The average molecular weight is 182 g/mol. The Morgan fingerprint density at radius 2 is 2.31 bits per heavy atom. The fourth-order valence-electron chi connectivity index (χ4n) is 1.82. The molecule has 0 aromatic rings. The van der Waals surface area contributed by atoms with E-state index in [4.69, 9.17) is 4.74 Å². The smallest absolute Gasteiger partial charge is 0.120 e. The van der Waals surface area contributed by atoms with Crippen LogP contribution >= 0.6 is 0 Å². The molecule has 1 aliphatic rings. The van der Waals surface area contributed by atoms with Crippen LogP contribution in [0.15, 0.2) is 12.2 Å². The van der Waals surface area contributed by atoms with Crippen LogP contribution in [0.25, 0.3) is 0 Å². The van der Waals surface area contributed by atoms with Crippen LogP contribution in [0.1, 0.15) is 33.1 Å². The molecular formula is C11H18O2. The molecule has 2 nitrogen and oxygen atoms in total. The number of aldehydes is 1. The van der Waals surface area contributed by atoms with Gasteiger partial charge in [-0.05, 0) is 31.3 Å². The molecule has 0 N–H and O–H groups in total. The molecule has 1 saturated heterocycles. The van der Waals surface area contributed by atoms with E-state index in [1.54, 1.807) is 0 Å². The highest BCUT2D eigenvalue weighted by atomic mass is 16.5. The van der Waals surface area contributed by atoms with Crippen molar-refractivity contribution in [3.8, 4) is 0 Å². The first-order valence-corrected chi connectivity index (χ1v) is 4.93. The quantitative estimate of drug-likeness (QED) is 0.494. The van der Waals surface area contributed by atoms with Gasteiger partial charge in [0, 0.05) is 6.42 Å². The van der Waals surface area contributed by atoms with Crippen molar-refractivity contribution in [2.45, 2.75) is 45.3 Å². The molecule has 3 atom stereocenters. The fraction of sp³-hybridized carbons (Fsp3) is 0.727. The van der Waals surface area contributed by atoms with Crippen LogP contribution < -0.4 is 0 Å². The summed E-state index contributed by atoms with van der Waals surface area (Å²) >= 11 is 0. The van der Waals surface area contributed by atoms with Gasteiger partial charge in [0.1, 0.15) is 6.29 Å². The molecule has 1 fully saturated rings. The Balaban J connectivity index is 2.43. The zero-order valence-electron chi connectivity index (χ0n) is 8.45. The summed E-state index contributed by atoms with van der Waals surface area (Å²) in [4.78, 5) is 10.2. The molecule has 0 spiro atoms. The third kappa shape index (κ3) is 2.66. The Morgan fingerprint density at radius 1 is 1.62 bits per heavy atom. The molecule has 0 saturated carbocycles. The van der Waals surface area contributed by atoms with Gasteiger partial charge in [-0.2, -0.15) is 0 Å². The van der Waals surface area contributed by atoms with Crippen molar-refractivity contribution in [1.82, 2.24) is 0 Å². The number of carbonyl (C=O) groups is 1. The first-order chi connectivity index (χ1) is 6.15. The second-order valence-electron chi connectivity index (χ2n) is 3.86. The van der Waals surface area contributed by atoms with E-state index >= 15 is 0 Å². The topological polar surface area (TPSA) is 26.3 Å². The maximum atomic E-state index is 10.2. The van der Waals surface area contributed by atoms with Crippen molar-refractivity contribution in [3.05, 3.63) is 12.2 Å². The molecule has 0 amide bonds. The van der Waals surface area contributed by atoms with Gasteiger partial charge in [0.25, 0.3) is 0 Å². The highest BCUT2D eigenvalue weighted by molar-refractivity contribution is 5.49. The summed E-state index contributed by atoms with van der Waals surface area (Å²) in [7, 11) is 0. The van der Waals surface area contributed by atoms with E-state index in [0.717, 1.165) is 19.1 Å². The van der Waals surface area contributed by atoms with Crippen LogP contribution in [-0.4, -0.2) is 18.5 Å². The number of hydrogen-bond donors (Lipinski definition) is 0. The minimum atomic E-state index is 0.153. The third-order valence-corrected chi connectivity index (χ3v) is 2.77. The normalized spacial score (nSPS) is 34.6. The molecule has 0 bridgehead atoms. The molecule has 74 valence electrons. The Bertz CT molecular complexity index is 184. The molecule has 2 heteroatoms. The number of carbonyl (C=O) groups excluding carboxylic acids is 1. The van der Waals surface area contributed by atoms with Gasteiger partial charge in [0.15, 0.2) is 0 Å². The largest absolute Gasteiger partial charge is 0.371 e. The lowest BCUT2D eigenvalue weighted by Crippen LogP contribution is -2.32. The van der Waals surface area contributed by atoms with Crippen molar-refractivity contribution in [2.24, 2.45) is 5.92 Å². The average Bonchev–Trinajstić information content (AvgIpc) is 2.10. The Hall–Kier alpha value is -0.630. The van der Waals surface area contributed by atoms with Gasteiger partial charge < -0.3 is 9.53 Å². The van der Waals surface area contributed by atoms with Crippen molar-refractivity contribution in [1.29, 1.82) is 0 Å². The lowest BCUT2D eigenvalue weighted by molar-refractivity contribution is -0.109. The third-order valence-electron chi connectivity index (χ3n) is 2.77. The maximum absolute atomic E-state index is 10.2. The van der Waals surface area contributed by atoms with Gasteiger partial charge in [0.05, 0.1) is 12.2 Å². The van der Waals surface area contributed by atoms with E-state index in [9.17, 15) is 4.79 Å². The summed E-state index contributed by atoms with van der Waals surface area (Å²) in [6, 6.07) is 0. The summed E-state index contributed by atoms with van der Waals surface area (Å²) in [5, 5.41) is 0. The molecule has 0 aromatic heterocycles. The van der Waals surface area contributed by atoms with E-state index in [-0.39, 0.29) is 12.2 Å². The Kier molecular flexibility index (Phi) is 3.67.